The lowest BCUT2D eigenvalue weighted by Gasteiger charge is -2.23. The summed E-state index contributed by atoms with van der Waals surface area (Å²) < 4.78 is 6.14. The molecule has 1 N–H and O–H groups in total. The maximum Gasteiger partial charge on any atom is 0.293 e. The molecule has 0 radical (unpaired) electrons. The van der Waals surface area contributed by atoms with E-state index in [-0.39, 0.29) is 16.7 Å². The van der Waals surface area contributed by atoms with E-state index in [9.17, 15) is 10.1 Å². The molecule has 1 aromatic carbocycles. The van der Waals surface area contributed by atoms with Crippen molar-refractivity contribution in [1.82, 2.24) is 0 Å². The van der Waals surface area contributed by atoms with Crippen LogP contribution in [-0.2, 0) is 6.42 Å². The Balaban J connectivity index is 1.92. The Morgan fingerprint density at radius 2 is 2.25 bits per heavy atom. The molecular formula is C14H13BrN2O3. The maximum absolute atomic E-state index is 11.1. The number of benzene rings is 1. The zero-order valence-corrected chi connectivity index (χ0v) is 12.2. The Labute approximate surface area is 124 Å². The largest absolute Gasteiger partial charge is 0.469 e. The van der Waals surface area contributed by atoms with E-state index in [0.717, 1.165) is 30.6 Å². The number of nitrogens with zero attached hydrogens (tertiary/aromatic N) is 1. The first-order chi connectivity index (χ1) is 9.65. The smallest absolute Gasteiger partial charge is 0.293 e. The van der Waals surface area contributed by atoms with Gasteiger partial charge in [0.25, 0.3) is 5.69 Å². The Morgan fingerprint density at radius 1 is 1.40 bits per heavy atom. The number of nitro groups is 1. The number of nitro benzene ring substituents is 1. The SMILES string of the molecule is O=[N+]([O-])c1cc(Br)ccc1NC1CCCc2occc21. The summed E-state index contributed by atoms with van der Waals surface area (Å²) >= 11 is 3.26. The molecule has 1 aliphatic carbocycles. The minimum Gasteiger partial charge on any atom is -0.469 e. The topological polar surface area (TPSA) is 68.3 Å². The summed E-state index contributed by atoms with van der Waals surface area (Å²) in [4.78, 5) is 10.8. The second-order valence-corrected chi connectivity index (χ2v) is 5.72. The highest BCUT2D eigenvalue weighted by Gasteiger charge is 2.25. The Hall–Kier alpha value is -1.82. The molecule has 0 saturated carbocycles. The summed E-state index contributed by atoms with van der Waals surface area (Å²) in [5.41, 5.74) is 1.72. The minimum atomic E-state index is -0.369. The Bertz CT molecular complexity index is 654. The molecule has 0 amide bonds. The van der Waals surface area contributed by atoms with Crippen molar-refractivity contribution in [1.29, 1.82) is 0 Å². The molecule has 0 bridgehead atoms. The fourth-order valence-corrected chi connectivity index (χ4v) is 2.95. The molecule has 1 unspecified atom stereocenters. The first-order valence-electron chi connectivity index (χ1n) is 6.42. The van der Waals surface area contributed by atoms with E-state index in [1.807, 2.05) is 6.07 Å². The highest BCUT2D eigenvalue weighted by Crippen LogP contribution is 2.36. The molecule has 0 aliphatic heterocycles. The molecule has 0 spiro atoms. The molecule has 1 aromatic heterocycles. The molecule has 6 heteroatoms. The highest BCUT2D eigenvalue weighted by molar-refractivity contribution is 9.10. The van der Waals surface area contributed by atoms with Gasteiger partial charge in [-0.1, -0.05) is 15.9 Å². The number of rotatable bonds is 3. The average Bonchev–Trinajstić information content (AvgIpc) is 2.90. The summed E-state index contributed by atoms with van der Waals surface area (Å²) in [6.07, 6.45) is 4.58. The predicted octanol–water partition coefficient (Wildman–Crippen LogP) is 4.44. The number of furan rings is 1. The number of halogens is 1. The van der Waals surface area contributed by atoms with Gasteiger partial charge in [-0.25, -0.2) is 0 Å². The van der Waals surface area contributed by atoms with Crippen LogP contribution >= 0.6 is 15.9 Å². The van der Waals surface area contributed by atoms with Crippen LogP contribution < -0.4 is 5.32 Å². The van der Waals surface area contributed by atoms with Gasteiger partial charge in [-0.2, -0.15) is 0 Å². The van der Waals surface area contributed by atoms with Crippen LogP contribution in [0.15, 0.2) is 39.4 Å². The zero-order valence-electron chi connectivity index (χ0n) is 10.6. The van der Waals surface area contributed by atoms with Crippen LogP contribution in [0.5, 0.6) is 0 Å². The van der Waals surface area contributed by atoms with Crippen LogP contribution in [0.3, 0.4) is 0 Å². The van der Waals surface area contributed by atoms with E-state index in [2.05, 4.69) is 21.2 Å². The van der Waals surface area contributed by atoms with Gasteiger partial charge in [0, 0.05) is 22.5 Å². The number of hydrogen-bond donors (Lipinski definition) is 1. The van der Waals surface area contributed by atoms with Gasteiger partial charge in [0.1, 0.15) is 11.4 Å². The van der Waals surface area contributed by atoms with Crippen LogP contribution in [-0.4, -0.2) is 4.92 Å². The molecule has 0 saturated heterocycles. The second kappa shape index (κ2) is 5.28. The maximum atomic E-state index is 11.1. The normalized spacial score (nSPS) is 17.6. The minimum absolute atomic E-state index is 0.0670. The number of fused-ring (bicyclic) bond motifs is 1. The van der Waals surface area contributed by atoms with Crippen LogP contribution in [0.25, 0.3) is 0 Å². The fraction of sp³-hybridized carbons (Fsp3) is 0.286. The predicted molar refractivity (Wildman–Crippen MR) is 78.8 cm³/mol. The van der Waals surface area contributed by atoms with E-state index in [1.54, 1.807) is 18.4 Å². The second-order valence-electron chi connectivity index (χ2n) is 4.81. The van der Waals surface area contributed by atoms with E-state index in [4.69, 9.17) is 4.42 Å². The Kier molecular flexibility index (Phi) is 3.48. The molecule has 0 fully saturated rings. The van der Waals surface area contributed by atoms with Crippen molar-refractivity contribution in [2.24, 2.45) is 0 Å². The number of hydrogen-bond acceptors (Lipinski definition) is 4. The lowest BCUT2D eigenvalue weighted by Crippen LogP contribution is -2.16. The van der Waals surface area contributed by atoms with E-state index in [1.165, 1.54) is 6.07 Å². The molecule has 2 aromatic rings. The third-order valence-electron chi connectivity index (χ3n) is 3.54. The molecule has 1 atom stereocenters. The molecular weight excluding hydrogens is 324 g/mol. The van der Waals surface area contributed by atoms with Crippen LogP contribution in [0, 0.1) is 10.1 Å². The zero-order chi connectivity index (χ0) is 14.1. The van der Waals surface area contributed by atoms with Gasteiger partial charge in [-0.15, -0.1) is 0 Å². The van der Waals surface area contributed by atoms with E-state index < -0.39 is 0 Å². The molecule has 104 valence electrons. The van der Waals surface area contributed by atoms with Gasteiger partial charge in [-0.3, -0.25) is 10.1 Å². The summed E-state index contributed by atoms with van der Waals surface area (Å²) in [5.74, 6) is 0.980. The lowest BCUT2D eigenvalue weighted by molar-refractivity contribution is -0.384. The Morgan fingerprint density at radius 3 is 3.05 bits per heavy atom. The molecule has 20 heavy (non-hydrogen) atoms. The lowest BCUT2D eigenvalue weighted by atomic mass is 9.93. The van der Waals surface area contributed by atoms with E-state index >= 15 is 0 Å². The van der Waals surface area contributed by atoms with Crippen molar-refractivity contribution in [3.8, 4) is 0 Å². The number of aryl methyl sites for hydroxylation is 1. The number of anilines is 1. The van der Waals surface area contributed by atoms with Crippen LogP contribution in [0.2, 0.25) is 0 Å². The van der Waals surface area contributed by atoms with Gasteiger partial charge in [-0.05, 0) is 31.0 Å². The molecule has 3 rings (SSSR count). The average molecular weight is 337 g/mol. The van der Waals surface area contributed by atoms with Crippen LogP contribution in [0.4, 0.5) is 11.4 Å². The fourth-order valence-electron chi connectivity index (χ4n) is 2.60. The van der Waals surface area contributed by atoms with Gasteiger partial charge in [0.05, 0.1) is 17.2 Å². The number of nitrogens with one attached hydrogen (secondary N) is 1. The van der Waals surface area contributed by atoms with Crippen molar-refractivity contribution in [2.45, 2.75) is 25.3 Å². The van der Waals surface area contributed by atoms with Gasteiger partial charge in [0.15, 0.2) is 0 Å². The first-order valence-corrected chi connectivity index (χ1v) is 7.21. The van der Waals surface area contributed by atoms with Crippen molar-refractivity contribution in [3.05, 3.63) is 56.4 Å². The van der Waals surface area contributed by atoms with Gasteiger partial charge in [0.2, 0.25) is 0 Å². The van der Waals surface area contributed by atoms with E-state index in [0.29, 0.717) is 10.2 Å². The van der Waals surface area contributed by atoms with Crippen molar-refractivity contribution < 1.29 is 9.34 Å². The molecule has 1 heterocycles. The summed E-state index contributed by atoms with van der Waals surface area (Å²) in [6.45, 7) is 0. The summed E-state index contributed by atoms with van der Waals surface area (Å²) in [6, 6.07) is 7.06. The molecule has 1 aliphatic rings. The standard InChI is InChI=1S/C14H13BrN2O3/c15-9-4-5-12(13(8-9)17(18)19)16-11-2-1-3-14-10(11)6-7-20-14/h4-8,11,16H,1-3H2. The summed E-state index contributed by atoms with van der Waals surface area (Å²) in [7, 11) is 0. The monoisotopic (exact) mass is 336 g/mol. The van der Waals surface area contributed by atoms with Crippen LogP contribution in [0.1, 0.15) is 30.2 Å². The van der Waals surface area contributed by atoms with Crippen molar-refractivity contribution >= 4 is 27.3 Å². The first kappa shape index (κ1) is 13.2. The summed E-state index contributed by atoms with van der Waals surface area (Å²) in [5, 5.41) is 14.4. The van der Waals surface area contributed by atoms with Gasteiger partial charge < -0.3 is 9.73 Å². The highest BCUT2D eigenvalue weighted by atomic mass is 79.9. The van der Waals surface area contributed by atoms with Crippen molar-refractivity contribution in [3.63, 3.8) is 0 Å². The van der Waals surface area contributed by atoms with Crippen molar-refractivity contribution in [2.75, 3.05) is 5.32 Å². The third-order valence-corrected chi connectivity index (χ3v) is 4.03. The van der Waals surface area contributed by atoms with Gasteiger partial charge >= 0.3 is 0 Å². The third kappa shape index (κ3) is 2.43. The molecule has 5 nitrogen and oxygen atoms in total. The quantitative estimate of drug-likeness (QED) is 0.664.